The zero-order valence-corrected chi connectivity index (χ0v) is 9.21. The van der Waals surface area contributed by atoms with Crippen molar-refractivity contribution in [2.24, 2.45) is 0 Å². The summed E-state index contributed by atoms with van der Waals surface area (Å²) in [6, 6.07) is -9.92. The molecule has 0 saturated heterocycles. The molecule has 0 spiro atoms. The maximum atomic E-state index is 12.9. The average molecular weight is 344 g/mol. The van der Waals surface area contributed by atoms with Gasteiger partial charge in [0.1, 0.15) is 0 Å². The van der Waals surface area contributed by atoms with Crippen LogP contribution in [0.2, 0.25) is 0 Å². The Balaban J connectivity index is 5.68. The van der Waals surface area contributed by atoms with Crippen molar-refractivity contribution in [1.82, 2.24) is 0 Å². The molecule has 0 aliphatic carbocycles. The molecule has 0 aromatic heterocycles. The molecule has 5 nitrogen and oxygen atoms in total. The van der Waals surface area contributed by atoms with E-state index in [1.165, 1.54) is 0 Å². The third-order valence-electron chi connectivity index (χ3n) is 1.26. The minimum absolute atomic E-state index is 1.98. The van der Waals surface area contributed by atoms with E-state index in [0.717, 1.165) is 0 Å². The van der Waals surface area contributed by atoms with E-state index < -0.39 is 39.9 Å². The first kappa shape index (κ1) is 18.8. The summed E-state index contributed by atoms with van der Waals surface area (Å²) < 4.78 is 140. The molecule has 120 valence electrons. The van der Waals surface area contributed by atoms with Gasteiger partial charge in [-0.15, -0.1) is 0 Å². The van der Waals surface area contributed by atoms with Gasteiger partial charge in [-0.25, -0.2) is 4.74 Å². The molecule has 0 amide bonds. The molecule has 0 aromatic rings. The number of alkyl halides is 6. The zero-order chi connectivity index (χ0) is 16.6. The van der Waals surface area contributed by atoms with E-state index in [-0.39, 0.29) is 0 Å². The van der Waals surface area contributed by atoms with Crippen LogP contribution < -0.4 is 0 Å². The van der Waals surface area contributed by atoms with Crippen LogP contribution >= 0.6 is 0 Å². The van der Waals surface area contributed by atoms with Crippen molar-refractivity contribution in [3.8, 4) is 0 Å². The first-order valence-electron chi connectivity index (χ1n) is 3.74. The van der Waals surface area contributed by atoms with Crippen molar-refractivity contribution < 1.29 is 62.0 Å². The molecule has 0 rings (SSSR count). The SMILES string of the molecule is O=S(=O)(O)C(F)(F)OC(F)(OC(F)=C(F)F)C(F)(F)F. The molecule has 0 heterocycles. The summed E-state index contributed by atoms with van der Waals surface area (Å²) in [6.45, 7) is 0. The lowest BCUT2D eigenvalue weighted by Gasteiger charge is -2.28. The zero-order valence-electron chi connectivity index (χ0n) is 8.39. The fourth-order valence-electron chi connectivity index (χ4n) is 0.496. The lowest BCUT2D eigenvalue weighted by Crippen LogP contribution is -2.51. The molecule has 0 saturated carbocycles. The summed E-state index contributed by atoms with van der Waals surface area (Å²) in [4.78, 5) is 0. The second-order valence-corrected chi connectivity index (χ2v) is 4.14. The number of rotatable bonds is 5. The van der Waals surface area contributed by atoms with Gasteiger partial charge >= 0.3 is 39.9 Å². The van der Waals surface area contributed by atoms with Crippen LogP contribution in [0.4, 0.5) is 39.5 Å². The van der Waals surface area contributed by atoms with Crippen LogP contribution in [0.15, 0.2) is 12.1 Å². The van der Waals surface area contributed by atoms with E-state index in [2.05, 4.69) is 4.74 Å². The highest BCUT2D eigenvalue weighted by atomic mass is 32.2. The fraction of sp³-hybridized carbons (Fsp3) is 0.600. The highest BCUT2D eigenvalue weighted by Crippen LogP contribution is 2.43. The van der Waals surface area contributed by atoms with Crippen LogP contribution in [0.3, 0.4) is 0 Å². The van der Waals surface area contributed by atoms with Crippen LogP contribution in [0, 0.1) is 0 Å². The molecule has 1 atom stereocenters. The quantitative estimate of drug-likeness (QED) is 0.359. The van der Waals surface area contributed by atoms with Crippen LogP contribution in [-0.4, -0.2) is 30.6 Å². The topological polar surface area (TPSA) is 72.8 Å². The molecule has 0 aliphatic heterocycles. The molecular formula is C5HF9O5S. The summed E-state index contributed by atoms with van der Waals surface area (Å²) in [6.07, 6.45) is -10.4. The van der Waals surface area contributed by atoms with Gasteiger partial charge in [0, 0.05) is 0 Å². The third-order valence-corrected chi connectivity index (χ3v) is 1.94. The summed E-state index contributed by atoms with van der Waals surface area (Å²) >= 11 is 0. The molecule has 1 unspecified atom stereocenters. The predicted octanol–water partition coefficient (Wildman–Crippen LogP) is 2.68. The van der Waals surface area contributed by atoms with Gasteiger partial charge in [0.25, 0.3) is 0 Å². The monoisotopic (exact) mass is 344 g/mol. The molecular weight excluding hydrogens is 343 g/mol. The average Bonchev–Trinajstić information content (AvgIpc) is 2.12. The van der Waals surface area contributed by atoms with E-state index in [4.69, 9.17) is 4.55 Å². The van der Waals surface area contributed by atoms with Crippen molar-refractivity contribution in [3.63, 3.8) is 0 Å². The first-order chi connectivity index (χ1) is 8.53. The first-order valence-corrected chi connectivity index (χ1v) is 5.18. The van der Waals surface area contributed by atoms with E-state index in [0.29, 0.717) is 0 Å². The van der Waals surface area contributed by atoms with Crippen LogP contribution in [0.5, 0.6) is 0 Å². The summed E-state index contributed by atoms with van der Waals surface area (Å²) in [5.74, 6) is 0. The normalized spacial score (nSPS) is 16.5. The summed E-state index contributed by atoms with van der Waals surface area (Å²) in [5.41, 5.74) is -6.27. The van der Waals surface area contributed by atoms with Gasteiger partial charge in [-0.05, 0) is 0 Å². The van der Waals surface area contributed by atoms with E-state index in [1.807, 2.05) is 4.74 Å². The molecule has 1 N–H and O–H groups in total. The fourth-order valence-corrected chi connectivity index (χ4v) is 0.708. The Morgan fingerprint density at radius 1 is 0.950 bits per heavy atom. The number of hydrogen-bond donors (Lipinski definition) is 1. The van der Waals surface area contributed by atoms with Crippen molar-refractivity contribution in [3.05, 3.63) is 12.1 Å². The molecule has 0 aromatic carbocycles. The van der Waals surface area contributed by atoms with E-state index in [1.54, 1.807) is 0 Å². The lowest BCUT2D eigenvalue weighted by atomic mass is 10.5. The molecule has 15 heteroatoms. The highest BCUT2D eigenvalue weighted by molar-refractivity contribution is 7.86. The Morgan fingerprint density at radius 3 is 1.60 bits per heavy atom. The lowest BCUT2D eigenvalue weighted by molar-refractivity contribution is -0.472. The Kier molecular flexibility index (Phi) is 4.96. The maximum Gasteiger partial charge on any atom is 0.493 e. The van der Waals surface area contributed by atoms with Crippen molar-refractivity contribution in [2.45, 2.75) is 17.7 Å². The third kappa shape index (κ3) is 4.14. The van der Waals surface area contributed by atoms with Gasteiger partial charge in [0.15, 0.2) is 0 Å². The Hall–Kier alpha value is -1.22. The van der Waals surface area contributed by atoms with Gasteiger partial charge < -0.3 is 4.74 Å². The van der Waals surface area contributed by atoms with Crippen LogP contribution in [0.1, 0.15) is 0 Å². The number of halogens is 9. The Morgan fingerprint density at radius 2 is 1.35 bits per heavy atom. The molecule has 20 heavy (non-hydrogen) atoms. The van der Waals surface area contributed by atoms with Crippen molar-refractivity contribution >= 4 is 10.1 Å². The second-order valence-electron chi connectivity index (χ2n) is 2.71. The Labute approximate surface area is 103 Å². The van der Waals surface area contributed by atoms with Gasteiger partial charge in [-0.1, -0.05) is 0 Å². The van der Waals surface area contributed by atoms with Gasteiger partial charge in [0.2, 0.25) is 0 Å². The number of ether oxygens (including phenoxy) is 2. The molecule has 0 aliphatic rings. The predicted molar refractivity (Wildman–Crippen MR) is 38.9 cm³/mol. The smallest absolute Gasteiger partial charge is 0.399 e. The standard InChI is InChI=1S/C5HF9O5S/c6-1(7)2(8)18-4(12,3(9,10)11)19-5(13,14)20(15,16)17/h(H,15,16,17). The van der Waals surface area contributed by atoms with Crippen molar-refractivity contribution in [2.75, 3.05) is 0 Å². The second kappa shape index (κ2) is 5.28. The van der Waals surface area contributed by atoms with Crippen LogP contribution in [0.25, 0.3) is 0 Å². The van der Waals surface area contributed by atoms with Gasteiger partial charge in [-0.3, -0.25) is 4.55 Å². The van der Waals surface area contributed by atoms with Crippen LogP contribution in [-0.2, 0) is 19.6 Å². The maximum absolute atomic E-state index is 12.9. The van der Waals surface area contributed by atoms with Gasteiger partial charge in [0.05, 0.1) is 0 Å². The molecule has 0 radical (unpaired) electrons. The highest BCUT2D eigenvalue weighted by Gasteiger charge is 2.69. The largest absolute Gasteiger partial charge is 0.493 e. The van der Waals surface area contributed by atoms with E-state index >= 15 is 0 Å². The Bertz CT molecular complexity index is 491. The summed E-state index contributed by atoms with van der Waals surface area (Å²) in [7, 11) is -6.75. The number of hydrogen-bond acceptors (Lipinski definition) is 4. The van der Waals surface area contributed by atoms with Crippen molar-refractivity contribution in [1.29, 1.82) is 0 Å². The summed E-state index contributed by atoms with van der Waals surface area (Å²) in [5, 5.41) is 0. The molecule has 0 bridgehead atoms. The minimum Gasteiger partial charge on any atom is -0.399 e. The van der Waals surface area contributed by atoms with E-state index in [9.17, 15) is 47.9 Å². The van der Waals surface area contributed by atoms with Gasteiger partial charge in [-0.2, -0.15) is 47.9 Å². The molecule has 0 fully saturated rings. The minimum atomic E-state index is -6.75.